The number of rotatable bonds is 3. The first kappa shape index (κ1) is 11.9. The van der Waals surface area contributed by atoms with Crippen LogP contribution in [0.1, 0.15) is 13.8 Å². The van der Waals surface area contributed by atoms with E-state index in [2.05, 4.69) is 15.6 Å². The zero-order valence-corrected chi connectivity index (χ0v) is 9.80. The lowest BCUT2D eigenvalue weighted by molar-refractivity contribution is 0.944. The Labute approximate surface area is 95.6 Å². The van der Waals surface area contributed by atoms with Crippen LogP contribution in [0.3, 0.4) is 0 Å². The Morgan fingerprint density at radius 2 is 1.93 bits per heavy atom. The van der Waals surface area contributed by atoms with Crippen LogP contribution in [0.15, 0.2) is 29.3 Å². The van der Waals surface area contributed by atoms with Gasteiger partial charge in [0.15, 0.2) is 5.96 Å². The summed E-state index contributed by atoms with van der Waals surface area (Å²) >= 11 is 5.80. The molecular weight excluding hydrogens is 210 g/mol. The molecule has 3 nitrogen and oxygen atoms in total. The molecule has 82 valence electrons. The largest absolute Gasteiger partial charge is 0.356 e. The van der Waals surface area contributed by atoms with Crippen LogP contribution in [-0.4, -0.2) is 19.0 Å². The molecule has 1 rings (SSSR count). The first-order chi connectivity index (χ1) is 7.26. The van der Waals surface area contributed by atoms with E-state index in [9.17, 15) is 0 Å². The molecule has 4 heteroatoms. The minimum Gasteiger partial charge on any atom is -0.356 e. The predicted molar refractivity (Wildman–Crippen MR) is 66.7 cm³/mol. The second-order valence-electron chi connectivity index (χ2n) is 2.99. The van der Waals surface area contributed by atoms with Crippen molar-refractivity contribution in [2.24, 2.45) is 4.99 Å². The number of guanidine groups is 1. The van der Waals surface area contributed by atoms with Crippen molar-refractivity contribution in [3.63, 3.8) is 0 Å². The molecule has 0 aromatic heterocycles. The van der Waals surface area contributed by atoms with Gasteiger partial charge in [-0.15, -0.1) is 0 Å². The molecule has 0 bridgehead atoms. The van der Waals surface area contributed by atoms with Crippen LogP contribution >= 0.6 is 11.6 Å². The highest BCUT2D eigenvalue weighted by molar-refractivity contribution is 6.30. The van der Waals surface area contributed by atoms with Gasteiger partial charge in [-0.1, -0.05) is 11.6 Å². The molecule has 0 atom stereocenters. The second kappa shape index (κ2) is 6.30. The number of anilines is 1. The Morgan fingerprint density at radius 3 is 2.47 bits per heavy atom. The molecule has 0 amide bonds. The van der Waals surface area contributed by atoms with Gasteiger partial charge < -0.3 is 10.6 Å². The zero-order valence-electron chi connectivity index (χ0n) is 9.05. The lowest BCUT2D eigenvalue weighted by Gasteiger charge is -2.10. The average Bonchev–Trinajstić information content (AvgIpc) is 2.22. The first-order valence-electron chi connectivity index (χ1n) is 5.07. The van der Waals surface area contributed by atoms with Crippen molar-refractivity contribution in [2.75, 3.05) is 18.4 Å². The number of hydrogen-bond donors (Lipinski definition) is 2. The maximum Gasteiger partial charge on any atom is 0.195 e. The third kappa shape index (κ3) is 4.21. The van der Waals surface area contributed by atoms with Gasteiger partial charge in [0.25, 0.3) is 0 Å². The Balaban J connectivity index is 2.65. The van der Waals surface area contributed by atoms with Gasteiger partial charge in [-0.25, -0.2) is 0 Å². The Bertz CT molecular complexity index is 319. The minimum atomic E-state index is 0.734. The van der Waals surface area contributed by atoms with Crippen molar-refractivity contribution in [3.8, 4) is 0 Å². The standard InChI is InChI=1S/C11H16ClN3/c1-3-13-11(14-4-2)15-10-7-5-9(12)6-8-10/h5-8H,3-4H2,1-2H3,(H2,13,14,15). The summed E-state index contributed by atoms with van der Waals surface area (Å²) in [5.74, 6) is 0.794. The van der Waals surface area contributed by atoms with E-state index in [0.29, 0.717) is 0 Å². The fourth-order valence-corrected chi connectivity index (χ4v) is 1.26. The van der Waals surface area contributed by atoms with Crippen LogP contribution in [0, 0.1) is 0 Å². The topological polar surface area (TPSA) is 36.4 Å². The number of nitrogens with zero attached hydrogens (tertiary/aromatic N) is 1. The molecule has 0 aliphatic rings. The molecule has 15 heavy (non-hydrogen) atoms. The van der Waals surface area contributed by atoms with Crippen molar-refractivity contribution >= 4 is 23.2 Å². The van der Waals surface area contributed by atoms with Crippen LogP contribution < -0.4 is 10.6 Å². The highest BCUT2D eigenvalue weighted by Gasteiger charge is 1.97. The Hall–Kier alpha value is -1.22. The van der Waals surface area contributed by atoms with Crippen LogP contribution in [0.4, 0.5) is 5.69 Å². The third-order valence-electron chi connectivity index (χ3n) is 1.77. The normalized spacial score (nSPS) is 11.3. The number of hydrogen-bond acceptors (Lipinski definition) is 1. The summed E-state index contributed by atoms with van der Waals surface area (Å²) in [6.45, 7) is 5.64. The lowest BCUT2D eigenvalue weighted by atomic mass is 10.3. The van der Waals surface area contributed by atoms with Gasteiger partial charge in [-0.05, 0) is 38.1 Å². The molecule has 0 fully saturated rings. The van der Waals surface area contributed by atoms with Crippen LogP contribution in [0.5, 0.6) is 0 Å². The van der Waals surface area contributed by atoms with Gasteiger partial charge in [0.05, 0.1) is 0 Å². The van der Waals surface area contributed by atoms with Crippen molar-refractivity contribution in [3.05, 3.63) is 29.3 Å². The van der Waals surface area contributed by atoms with E-state index in [1.807, 2.05) is 38.1 Å². The summed E-state index contributed by atoms with van der Waals surface area (Å²) in [5.41, 5.74) is 0.979. The quantitative estimate of drug-likeness (QED) is 0.613. The first-order valence-corrected chi connectivity index (χ1v) is 5.45. The Kier molecular flexibility index (Phi) is 4.98. The van der Waals surface area contributed by atoms with Crippen LogP contribution in [0.25, 0.3) is 0 Å². The van der Waals surface area contributed by atoms with Gasteiger partial charge >= 0.3 is 0 Å². The molecule has 0 radical (unpaired) electrons. The molecular formula is C11H16ClN3. The molecule has 2 N–H and O–H groups in total. The van der Waals surface area contributed by atoms with Gasteiger partial charge in [0.2, 0.25) is 0 Å². The fraction of sp³-hybridized carbons (Fsp3) is 0.364. The molecule has 0 spiro atoms. The van der Waals surface area contributed by atoms with Gasteiger partial charge in [0, 0.05) is 23.8 Å². The van der Waals surface area contributed by atoms with Gasteiger partial charge in [-0.3, -0.25) is 4.99 Å². The van der Waals surface area contributed by atoms with E-state index in [-0.39, 0.29) is 0 Å². The summed E-state index contributed by atoms with van der Waals surface area (Å²) in [6, 6.07) is 7.54. The van der Waals surface area contributed by atoms with E-state index in [1.54, 1.807) is 0 Å². The SMILES string of the molecule is CCN=C(NCC)Nc1ccc(Cl)cc1. The van der Waals surface area contributed by atoms with Crippen molar-refractivity contribution in [1.29, 1.82) is 0 Å². The summed E-state index contributed by atoms with van der Waals surface area (Å²) in [6.07, 6.45) is 0. The molecule has 1 aromatic carbocycles. The second-order valence-corrected chi connectivity index (χ2v) is 3.42. The van der Waals surface area contributed by atoms with Crippen LogP contribution in [-0.2, 0) is 0 Å². The third-order valence-corrected chi connectivity index (χ3v) is 2.02. The Morgan fingerprint density at radius 1 is 1.27 bits per heavy atom. The van der Waals surface area contributed by atoms with Crippen molar-refractivity contribution in [2.45, 2.75) is 13.8 Å². The summed E-state index contributed by atoms with van der Waals surface area (Å²) in [5, 5.41) is 7.08. The summed E-state index contributed by atoms with van der Waals surface area (Å²) < 4.78 is 0. The number of benzene rings is 1. The highest BCUT2D eigenvalue weighted by Crippen LogP contribution is 2.12. The van der Waals surface area contributed by atoms with E-state index >= 15 is 0 Å². The summed E-state index contributed by atoms with van der Waals surface area (Å²) in [7, 11) is 0. The van der Waals surface area contributed by atoms with E-state index in [1.165, 1.54) is 0 Å². The molecule has 0 heterocycles. The zero-order chi connectivity index (χ0) is 11.1. The van der Waals surface area contributed by atoms with E-state index in [4.69, 9.17) is 11.6 Å². The maximum absolute atomic E-state index is 5.80. The number of nitrogens with one attached hydrogen (secondary N) is 2. The van der Waals surface area contributed by atoms with Crippen molar-refractivity contribution < 1.29 is 0 Å². The van der Waals surface area contributed by atoms with E-state index < -0.39 is 0 Å². The monoisotopic (exact) mass is 225 g/mol. The van der Waals surface area contributed by atoms with Gasteiger partial charge in [0.1, 0.15) is 0 Å². The minimum absolute atomic E-state index is 0.734. The number of halogens is 1. The fourth-order valence-electron chi connectivity index (χ4n) is 1.14. The van der Waals surface area contributed by atoms with E-state index in [0.717, 1.165) is 29.8 Å². The van der Waals surface area contributed by atoms with Crippen LogP contribution in [0.2, 0.25) is 5.02 Å². The lowest BCUT2D eigenvalue weighted by Crippen LogP contribution is -2.30. The molecule has 0 saturated heterocycles. The number of aliphatic imine (C=N–C) groups is 1. The van der Waals surface area contributed by atoms with Gasteiger partial charge in [-0.2, -0.15) is 0 Å². The molecule has 0 aliphatic carbocycles. The predicted octanol–water partition coefficient (Wildman–Crippen LogP) is 2.74. The molecule has 0 saturated carbocycles. The highest BCUT2D eigenvalue weighted by atomic mass is 35.5. The molecule has 0 unspecified atom stereocenters. The smallest absolute Gasteiger partial charge is 0.195 e. The average molecular weight is 226 g/mol. The maximum atomic E-state index is 5.80. The summed E-state index contributed by atoms with van der Waals surface area (Å²) in [4.78, 5) is 4.29. The molecule has 0 aliphatic heterocycles. The molecule has 1 aromatic rings. The van der Waals surface area contributed by atoms with Crippen molar-refractivity contribution in [1.82, 2.24) is 5.32 Å².